The number of nitrogens with one attached hydrogen (secondary N) is 1. The highest BCUT2D eigenvalue weighted by Crippen LogP contribution is 2.17. The Morgan fingerprint density at radius 1 is 1.32 bits per heavy atom. The van der Waals surface area contributed by atoms with Gasteiger partial charge >= 0.3 is 0 Å². The van der Waals surface area contributed by atoms with Gasteiger partial charge in [-0.2, -0.15) is 0 Å². The zero-order chi connectivity index (χ0) is 14.3. The van der Waals surface area contributed by atoms with E-state index in [4.69, 9.17) is 10.5 Å². The van der Waals surface area contributed by atoms with E-state index < -0.39 is 0 Å². The molecule has 1 amide bonds. The van der Waals surface area contributed by atoms with Crippen molar-refractivity contribution >= 4 is 5.91 Å². The van der Waals surface area contributed by atoms with E-state index in [2.05, 4.69) is 19.2 Å². The molecule has 0 atom stereocenters. The molecule has 0 spiro atoms. The van der Waals surface area contributed by atoms with E-state index >= 15 is 0 Å². The molecule has 3 N–H and O–H groups in total. The highest BCUT2D eigenvalue weighted by molar-refractivity contribution is 5.78. The summed E-state index contributed by atoms with van der Waals surface area (Å²) >= 11 is 0. The zero-order valence-electron chi connectivity index (χ0n) is 12.0. The predicted octanol–water partition coefficient (Wildman–Crippen LogP) is 2.22. The number of nitrogens with two attached hydrogens (primary N) is 1. The lowest BCUT2D eigenvalue weighted by Crippen LogP contribution is -2.46. The Morgan fingerprint density at radius 3 is 2.53 bits per heavy atom. The molecule has 0 unspecified atom stereocenters. The minimum absolute atomic E-state index is 0.0204. The first-order valence-electron chi connectivity index (χ1n) is 6.76. The molecule has 0 aliphatic heterocycles. The molecule has 0 heterocycles. The first-order chi connectivity index (χ1) is 9.04. The standard InChI is InChI=1S/C15H24N2O2/c1-4-15(3,5-2)17-14(18)11-19-13-9-7-6-8-12(13)10-16/h6-9H,4-5,10-11,16H2,1-3H3,(H,17,18). The molecule has 0 saturated heterocycles. The Hall–Kier alpha value is -1.55. The fourth-order valence-electron chi connectivity index (χ4n) is 1.76. The Morgan fingerprint density at radius 2 is 1.95 bits per heavy atom. The molecule has 0 aliphatic carbocycles. The van der Waals surface area contributed by atoms with Gasteiger partial charge in [0.1, 0.15) is 5.75 Å². The second-order valence-electron chi connectivity index (χ2n) is 4.92. The van der Waals surface area contributed by atoms with Gasteiger partial charge in [-0.25, -0.2) is 0 Å². The SMILES string of the molecule is CCC(C)(CC)NC(=O)COc1ccccc1CN. The Labute approximate surface area is 115 Å². The van der Waals surface area contributed by atoms with Crippen molar-refractivity contribution in [3.63, 3.8) is 0 Å². The monoisotopic (exact) mass is 264 g/mol. The lowest BCUT2D eigenvalue weighted by molar-refractivity contribution is -0.125. The summed E-state index contributed by atoms with van der Waals surface area (Å²) in [6.45, 7) is 6.59. The maximum atomic E-state index is 11.9. The third kappa shape index (κ3) is 4.56. The number of ether oxygens (including phenoxy) is 1. The van der Waals surface area contributed by atoms with Gasteiger partial charge in [0.2, 0.25) is 0 Å². The number of hydrogen-bond donors (Lipinski definition) is 2. The molecule has 0 aromatic heterocycles. The maximum Gasteiger partial charge on any atom is 0.258 e. The van der Waals surface area contributed by atoms with E-state index in [0.717, 1.165) is 18.4 Å². The minimum Gasteiger partial charge on any atom is -0.483 e. The van der Waals surface area contributed by atoms with Crippen LogP contribution in [0.25, 0.3) is 0 Å². The second kappa shape index (κ2) is 7.14. The van der Waals surface area contributed by atoms with Crippen LogP contribution < -0.4 is 15.8 Å². The summed E-state index contributed by atoms with van der Waals surface area (Å²) in [5.41, 5.74) is 6.37. The number of carbonyl (C=O) groups is 1. The van der Waals surface area contributed by atoms with Crippen molar-refractivity contribution in [1.82, 2.24) is 5.32 Å². The average molecular weight is 264 g/mol. The molecule has 4 nitrogen and oxygen atoms in total. The Bertz CT molecular complexity index is 414. The zero-order valence-corrected chi connectivity index (χ0v) is 12.0. The van der Waals surface area contributed by atoms with Crippen LogP contribution in [-0.2, 0) is 11.3 Å². The molecule has 1 aromatic carbocycles. The minimum atomic E-state index is -0.159. The van der Waals surface area contributed by atoms with Gasteiger partial charge in [0, 0.05) is 17.6 Å². The van der Waals surface area contributed by atoms with Gasteiger partial charge in [-0.05, 0) is 25.8 Å². The van der Waals surface area contributed by atoms with Gasteiger partial charge in [-0.1, -0.05) is 32.0 Å². The summed E-state index contributed by atoms with van der Waals surface area (Å²) in [6.07, 6.45) is 1.79. The summed E-state index contributed by atoms with van der Waals surface area (Å²) in [5.74, 6) is 0.577. The molecular formula is C15H24N2O2. The number of rotatable bonds is 7. The first kappa shape index (κ1) is 15.5. The Kier molecular flexibility index (Phi) is 5.83. The molecule has 1 aromatic rings. The first-order valence-corrected chi connectivity index (χ1v) is 6.76. The van der Waals surface area contributed by atoms with Gasteiger partial charge in [0.15, 0.2) is 6.61 Å². The van der Waals surface area contributed by atoms with Gasteiger partial charge in [-0.15, -0.1) is 0 Å². The highest BCUT2D eigenvalue weighted by atomic mass is 16.5. The third-order valence-electron chi connectivity index (χ3n) is 3.55. The molecule has 0 aliphatic rings. The molecular weight excluding hydrogens is 240 g/mol. The molecule has 0 radical (unpaired) electrons. The quantitative estimate of drug-likeness (QED) is 0.793. The summed E-state index contributed by atoms with van der Waals surface area (Å²) in [4.78, 5) is 11.9. The van der Waals surface area contributed by atoms with Crippen molar-refractivity contribution < 1.29 is 9.53 Å². The topological polar surface area (TPSA) is 64.3 Å². The van der Waals surface area contributed by atoms with Gasteiger partial charge in [0.05, 0.1) is 0 Å². The summed E-state index contributed by atoms with van der Waals surface area (Å²) < 4.78 is 5.53. The van der Waals surface area contributed by atoms with Crippen LogP contribution in [0, 0.1) is 0 Å². The number of benzene rings is 1. The van der Waals surface area contributed by atoms with E-state index in [9.17, 15) is 4.79 Å². The van der Waals surface area contributed by atoms with Crippen molar-refractivity contribution in [3.8, 4) is 5.75 Å². The van der Waals surface area contributed by atoms with E-state index in [1.807, 2.05) is 31.2 Å². The number of hydrogen-bond acceptors (Lipinski definition) is 3. The van der Waals surface area contributed by atoms with Crippen LogP contribution in [0.3, 0.4) is 0 Å². The number of amides is 1. The maximum absolute atomic E-state index is 11.9. The fourth-order valence-corrected chi connectivity index (χ4v) is 1.76. The lowest BCUT2D eigenvalue weighted by atomic mass is 9.96. The van der Waals surface area contributed by atoms with Crippen LogP contribution in [0.5, 0.6) is 5.75 Å². The van der Waals surface area contributed by atoms with Crippen molar-refractivity contribution in [1.29, 1.82) is 0 Å². The lowest BCUT2D eigenvalue weighted by Gasteiger charge is -2.28. The molecule has 0 fully saturated rings. The van der Waals surface area contributed by atoms with Crippen LogP contribution in [0.15, 0.2) is 24.3 Å². The van der Waals surface area contributed by atoms with Crippen molar-refractivity contribution in [3.05, 3.63) is 29.8 Å². The summed E-state index contributed by atoms with van der Waals surface area (Å²) in [6, 6.07) is 7.50. The van der Waals surface area contributed by atoms with Crippen LogP contribution in [-0.4, -0.2) is 18.1 Å². The number of carbonyl (C=O) groups excluding carboxylic acids is 1. The van der Waals surface area contributed by atoms with Crippen LogP contribution in [0.1, 0.15) is 39.2 Å². The smallest absolute Gasteiger partial charge is 0.258 e. The summed E-state index contributed by atoms with van der Waals surface area (Å²) in [5, 5.41) is 3.01. The Balaban J connectivity index is 2.55. The second-order valence-corrected chi connectivity index (χ2v) is 4.92. The van der Waals surface area contributed by atoms with E-state index in [1.165, 1.54) is 0 Å². The normalized spacial score (nSPS) is 11.2. The molecule has 4 heteroatoms. The van der Waals surface area contributed by atoms with E-state index in [1.54, 1.807) is 0 Å². The number of para-hydroxylation sites is 1. The molecule has 0 saturated carbocycles. The van der Waals surface area contributed by atoms with E-state index in [0.29, 0.717) is 12.3 Å². The highest BCUT2D eigenvalue weighted by Gasteiger charge is 2.21. The van der Waals surface area contributed by atoms with Crippen LogP contribution >= 0.6 is 0 Å². The van der Waals surface area contributed by atoms with Gasteiger partial charge < -0.3 is 15.8 Å². The molecule has 19 heavy (non-hydrogen) atoms. The van der Waals surface area contributed by atoms with Crippen molar-refractivity contribution in [2.75, 3.05) is 6.61 Å². The fraction of sp³-hybridized carbons (Fsp3) is 0.533. The van der Waals surface area contributed by atoms with Gasteiger partial charge in [0.25, 0.3) is 5.91 Å². The largest absolute Gasteiger partial charge is 0.483 e. The molecule has 0 bridgehead atoms. The van der Waals surface area contributed by atoms with Crippen molar-refractivity contribution in [2.45, 2.75) is 45.7 Å². The average Bonchev–Trinajstić information content (AvgIpc) is 2.45. The summed E-state index contributed by atoms with van der Waals surface area (Å²) in [7, 11) is 0. The van der Waals surface area contributed by atoms with Crippen LogP contribution in [0.2, 0.25) is 0 Å². The van der Waals surface area contributed by atoms with Crippen LogP contribution in [0.4, 0.5) is 0 Å². The van der Waals surface area contributed by atoms with Gasteiger partial charge in [-0.3, -0.25) is 4.79 Å². The third-order valence-corrected chi connectivity index (χ3v) is 3.55. The predicted molar refractivity (Wildman–Crippen MR) is 77.0 cm³/mol. The molecule has 106 valence electrons. The molecule has 1 rings (SSSR count). The van der Waals surface area contributed by atoms with Crippen molar-refractivity contribution in [2.24, 2.45) is 5.73 Å². The van der Waals surface area contributed by atoms with E-state index in [-0.39, 0.29) is 18.1 Å².